The van der Waals surface area contributed by atoms with Gasteiger partial charge < -0.3 is 4.57 Å². The molecule has 2 nitrogen and oxygen atoms in total. The summed E-state index contributed by atoms with van der Waals surface area (Å²) in [6.07, 6.45) is 7.17. The second kappa shape index (κ2) is 6.25. The number of hydrogen-bond donors (Lipinski definition) is 0. The summed E-state index contributed by atoms with van der Waals surface area (Å²) in [5.41, 5.74) is 2.75. The van der Waals surface area contributed by atoms with Crippen molar-refractivity contribution in [2.45, 2.75) is 24.0 Å². The normalized spacial score (nSPS) is 17.4. The second-order valence-corrected chi connectivity index (χ2v) is 9.15. The van der Waals surface area contributed by atoms with E-state index in [1.807, 2.05) is 12.5 Å². The topological polar surface area (TPSA) is 17.8 Å². The number of benzene rings is 2. The Labute approximate surface area is 145 Å². The molecule has 1 saturated heterocycles. The van der Waals surface area contributed by atoms with Crippen LogP contribution in [-0.4, -0.2) is 21.1 Å². The van der Waals surface area contributed by atoms with Gasteiger partial charge in [-0.15, -0.1) is 23.5 Å². The molecule has 0 atom stereocenters. The Hall–Kier alpha value is -1.39. The molecule has 4 heteroatoms. The van der Waals surface area contributed by atoms with Crippen molar-refractivity contribution in [3.63, 3.8) is 0 Å². The number of aryl methyl sites for hydroxylation is 1. The van der Waals surface area contributed by atoms with Gasteiger partial charge in [-0.2, -0.15) is 0 Å². The first-order chi connectivity index (χ1) is 11.3. The number of thioether (sulfide) groups is 2. The molecule has 3 aromatic rings. The Morgan fingerprint density at radius 3 is 2.65 bits per heavy atom. The summed E-state index contributed by atoms with van der Waals surface area (Å²) in [7, 11) is 0. The van der Waals surface area contributed by atoms with Gasteiger partial charge in [-0.05, 0) is 47.3 Å². The Balaban J connectivity index is 1.77. The fourth-order valence-corrected chi connectivity index (χ4v) is 6.47. The van der Waals surface area contributed by atoms with Crippen LogP contribution in [0.25, 0.3) is 10.8 Å². The molecule has 0 N–H and O–H groups in total. The van der Waals surface area contributed by atoms with Crippen LogP contribution >= 0.6 is 23.5 Å². The average Bonchev–Trinajstić information content (AvgIpc) is 3.08. The minimum Gasteiger partial charge on any atom is -0.335 e. The number of hydrogen-bond acceptors (Lipinski definition) is 3. The van der Waals surface area contributed by atoms with E-state index in [-0.39, 0.29) is 4.08 Å². The summed E-state index contributed by atoms with van der Waals surface area (Å²) < 4.78 is 2.31. The molecular weight excluding hydrogens is 320 g/mol. The first-order valence-electron chi connectivity index (χ1n) is 8.00. The monoisotopic (exact) mass is 340 g/mol. The van der Waals surface area contributed by atoms with Crippen molar-refractivity contribution in [2.75, 3.05) is 11.5 Å². The largest absolute Gasteiger partial charge is 0.335 e. The lowest BCUT2D eigenvalue weighted by Crippen LogP contribution is -2.28. The lowest BCUT2D eigenvalue weighted by Gasteiger charge is -2.37. The van der Waals surface area contributed by atoms with Crippen LogP contribution in [0.2, 0.25) is 0 Å². The highest BCUT2D eigenvalue weighted by atomic mass is 32.2. The SMILES string of the molecule is Cc1ccc2cc(C3(Cn4ccnc4)SCCCS3)ccc2c1. The van der Waals surface area contributed by atoms with Gasteiger partial charge in [0.2, 0.25) is 0 Å². The molecule has 2 heterocycles. The van der Waals surface area contributed by atoms with Gasteiger partial charge in [-0.1, -0.05) is 35.9 Å². The molecule has 1 fully saturated rings. The van der Waals surface area contributed by atoms with Crippen LogP contribution in [0.3, 0.4) is 0 Å². The Morgan fingerprint density at radius 1 is 1.09 bits per heavy atom. The van der Waals surface area contributed by atoms with Crippen LogP contribution in [0.1, 0.15) is 17.5 Å². The molecular formula is C19H20N2S2. The first kappa shape index (κ1) is 15.2. The summed E-state index contributed by atoms with van der Waals surface area (Å²) in [5, 5.41) is 2.67. The van der Waals surface area contributed by atoms with Gasteiger partial charge in [0.25, 0.3) is 0 Å². The van der Waals surface area contributed by atoms with Gasteiger partial charge in [0.15, 0.2) is 0 Å². The van der Waals surface area contributed by atoms with E-state index in [4.69, 9.17) is 0 Å². The minimum atomic E-state index is 0.0953. The number of imidazole rings is 1. The molecule has 0 aliphatic carbocycles. The number of aromatic nitrogens is 2. The van der Waals surface area contributed by atoms with E-state index >= 15 is 0 Å². The zero-order valence-corrected chi connectivity index (χ0v) is 14.9. The highest BCUT2D eigenvalue weighted by Crippen LogP contribution is 2.51. The number of nitrogens with zero attached hydrogens (tertiary/aromatic N) is 2. The maximum atomic E-state index is 4.22. The third-order valence-electron chi connectivity index (χ3n) is 4.34. The fraction of sp³-hybridized carbons (Fsp3) is 0.316. The van der Waals surface area contributed by atoms with Crippen molar-refractivity contribution in [3.8, 4) is 0 Å². The Kier molecular flexibility index (Phi) is 4.12. The van der Waals surface area contributed by atoms with E-state index in [2.05, 4.69) is 82.6 Å². The van der Waals surface area contributed by atoms with Crippen molar-refractivity contribution < 1.29 is 0 Å². The number of rotatable bonds is 3. The maximum Gasteiger partial charge on any atom is 0.104 e. The molecule has 1 aliphatic rings. The first-order valence-corrected chi connectivity index (χ1v) is 9.97. The van der Waals surface area contributed by atoms with Gasteiger partial charge in [0, 0.05) is 12.4 Å². The van der Waals surface area contributed by atoms with Crippen LogP contribution in [0, 0.1) is 6.92 Å². The van der Waals surface area contributed by atoms with Gasteiger partial charge >= 0.3 is 0 Å². The summed E-state index contributed by atoms with van der Waals surface area (Å²) in [5.74, 6) is 2.46. The van der Waals surface area contributed by atoms with Gasteiger partial charge in [-0.3, -0.25) is 0 Å². The van der Waals surface area contributed by atoms with Crippen molar-refractivity contribution in [1.29, 1.82) is 0 Å². The van der Waals surface area contributed by atoms with E-state index in [1.54, 1.807) is 0 Å². The van der Waals surface area contributed by atoms with Gasteiger partial charge in [0.1, 0.15) is 4.08 Å². The molecule has 0 saturated carbocycles. The van der Waals surface area contributed by atoms with Crippen molar-refractivity contribution in [3.05, 3.63) is 66.2 Å². The van der Waals surface area contributed by atoms with Crippen molar-refractivity contribution in [1.82, 2.24) is 9.55 Å². The van der Waals surface area contributed by atoms with E-state index < -0.39 is 0 Å². The molecule has 23 heavy (non-hydrogen) atoms. The van der Waals surface area contributed by atoms with Crippen LogP contribution in [-0.2, 0) is 10.6 Å². The lowest BCUT2D eigenvalue weighted by molar-refractivity contribution is 0.645. The summed E-state index contributed by atoms with van der Waals surface area (Å²) in [6.45, 7) is 3.13. The predicted molar refractivity (Wildman–Crippen MR) is 102 cm³/mol. The van der Waals surface area contributed by atoms with Gasteiger partial charge in [0.05, 0.1) is 12.9 Å². The zero-order chi connectivity index (χ0) is 15.7. The molecule has 0 radical (unpaired) electrons. The molecule has 0 bridgehead atoms. The fourth-order valence-electron chi connectivity index (χ4n) is 3.15. The average molecular weight is 341 g/mol. The van der Waals surface area contributed by atoms with Crippen molar-refractivity contribution in [2.24, 2.45) is 0 Å². The molecule has 2 aromatic carbocycles. The standard InChI is InChI=1S/C19H20N2S2/c1-15-3-4-17-12-18(6-5-16(17)11-15)19(22-9-2-10-23-19)13-21-8-7-20-14-21/h3-8,11-12,14H,2,9-10,13H2,1H3. The van der Waals surface area contributed by atoms with Crippen LogP contribution < -0.4 is 0 Å². The third kappa shape index (κ3) is 3.02. The lowest BCUT2D eigenvalue weighted by atomic mass is 10.0. The second-order valence-electron chi connectivity index (χ2n) is 6.10. The maximum absolute atomic E-state index is 4.22. The van der Waals surface area contributed by atoms with Crippen LogP contribution in [0.4, 0.5) is 0 Å². The summed E-state index contributed by atoms with van der Waals surface area (Å²) in [6, 6.07) is 13.7. The molecule has 1 aliphatic heterocycles. The minimum absolute atomic E-state index is 0.0953. The highest BCUT2D eigenvalue weighted by molar-refractivity contribution is 8.18. The van der Waals surface area contributed by atoms with Crippen molar-refractivity contribution >= 4 is 34.3 Å². The summed E-state index contributed by atoms with van der Waals surface area (Å²) in [4.78, 5) is 4.22. The molecule has 0 unspecified atom stereocenters. The van der Waals surface area contributed by atoms with Gasteiger partial charge in [-0.25, -0.2) is 4.98 Å². The summed E-state index contributed by atoms with van der Waals surface area (Å²) >= 11 is 4.18. The molecule has 0 spiro atoms. The van der Waals surface area contributed by atoms with E-state index in [9.17, 15) is 0 Å². The zero-order valence-electron chi connectivity index (χ0n) is 13.2. The van der Waals surface area contributed by atoms with E-state index in [0.29, 0.717) is 0 Å². The predicted octanol–water partition coefficient (Wildman–Crippen LogP) is 5.07. The van der Waals surface area contributed by atoms with Crippen LogP contribution in [0.15, 0.2) is 55.1 Å². The highest BCUT2D eigenvalue weighted by Gasteiger charge is 2.36. The van der Waals surface area contributed by atoms with E-state index in [1.165, 1.54) is 39.8 Å². The number of fused-ring (bicyclic) bond motifs is 1. The Bertz CT molecular complexity index is 805. The molecule has 0 amide bonds. The molecule has 1 aromatic heterocycles. The molecule has 4 rings (SSSR count). The van der Waals surface area contributed by atoms with E-state index in [0.717, 1.165) is 6.54 Å². The Morgan fingerprint density at radius 2 is 1.87 bits per heavy atom. The molecule has 118 valence electrons. The third-order valence-corrected chi connectivity index (χ3v) is 7.70. The quantitative estimate of drug-likeness (QED) is 0.663. The smallest absolute Gasteiger partial charge is 0.104 e. The van der Waals surface area contributed by atoms with Crippen LogP contribution in [0.5, 0.6) is 0 Å².